The maximum absolute atomic E-state index is 2.48. The zero-order chi connectivity index (χ0) is 36.3. The smallest absolute Gasteiger partial charge is 0.0164 e. The molecule has 2 unspecified atom stereocenters. The van der Waals surface area contributed by atoms with Gasteiger partial charge in [0.2, 0.25) is 0 Å². The molecule has 9 aromatic rings. The van der Waals surface area contributed by atoms with Crippen molar-refractivity contribution in [2.75, 3.05) is 0 Å². The van der Waals surface area contributed by atoms with Crippen LogP contribution in [0.5, 0.6) is 0 Å². The quantitative estimate of drug-likeness (QED) is 0.157. The van der Waals surface area contributed by atoms with Gasteiger partial charge in [-0.15, -0.1) is 0 Å². The van der Waals surface area contributed by atoms with Gasteiger partial charge in [-0.2, -0.15) is 0 Å². The molecule has 0 radical (unpaired) electrons. The summed E-state index contributed by atoms with van der Waals surface area (Å²) in [5.74, 6) is 0.707. The Kier molecular flexibility index (Phi) is 7.62. The largest absolute Gasteiger partial charge is 0.0757 e. The molecule has 0 bridgehead atoms. The number of benzene rings is 9. The van der Waals surface area contributed by atoms with E-state index in [1.54, 1.807) is 0 Å². The Hall–Kier alpha value is -6.50. The third kappa shape index (κ3) is 5.44. The van der Waals surface area contributed by atoms with Crippen LogP contribution in [0.25, 0.3) is 77.9 Å². The van der Waals surface area contributed by atoms with Crippen LogP contribution in [0, 0.1) is 0 Å². The van der Waals surface area contributed by atoms with Gasteiger partial charge in [-0.3, -0.25) is 0 Å². The van der Waals surface area contributed by atoms with Crippen LogP contribution >= 0.6 is 0 Å². The van der Waals surface area contributed by atoms with Crippen LogP contribution in [-0.2, 0) is 6.42 Å². The lowest BCUT2D eigenvalue weighted by molar-refractivity contribution is 0.657. The zero-order valence-electron chi connectivity index (χ0n) is 30.8. The normalized spacial score (nSPS) is 16.1. The second-order valence-corrected chi connectivity index (χ2v) is 15.5. The summed E-state index contributed by atoms with van der Waals surface area (Å²) >= 11 is 0. The van der Waals surface area contributed by atoms with Gasteiger partial charge in [0, 0.05) is 5.92 Å². The average Bonchev–Trinajstić information content (AvgIpc) is 3.65. The van der Waals surface area contributed by atoms with E-state index in [2.05, 4.69) is 194 Å². The van der Waals surface area contributed by atoms with Crippen LogP contribution in [0.1, 0.15) is 46.9 Å². The van der Waals surface area contributed by atoms with Crippen molar-refractivity contribution in [3.63, 3.8) is 0 Å². The molecule has 0 saturated carbocycles. The SMILES string of the molecule is C1=c2c(-c3ccccc3)cc3c(cc(-c4cccc(-c5ccc6c(c5)CC(c5ccc7ccccc7c5)C6c5ccccc5)c4)c4ccccc43)c2=CCC1. The minimum absolute atomic E-state index is 0.323. The summed E-state index contributed by atoms with van der Waals surface area (Å²) in [7, 11) is 0. The monoisotopic (exact) mass is 700 g/mol. The van der Waals surface area contributed by atoms with Gasteiger partial charge >= 0.3 is 0 Å². The Morgan fingerprint density at radius 3 is 1.89 bits per heavy atom. The first kappa shape index (κ1) is 32.0. The van der Waals surface area contributed by atoms with Crippen molar-refractivity contribution in [2.45, 2.75) is 31.1 Å². The number of rotatable bonds is 5. The molecule has 260 valence electrons. The molecule has 0 N–H and O–H groups in total. The van der Waals surface area contributed by atoms with Gasteiger partial charge in [-0.05, 0) is 142 Å². The second-order valence-electron chi connectivity index (χ2n) is 15.5. The summed E-state index contributed by atoms with van der Waals surface area (Å²) in [6.45, 7) is 0. The molecule has 11 rings (SSSR count). The molecule has 55 heavy (non-hydrogen) atoms. The van der Waals surface area contributed by atoms with Crippen LogP contribution in [-0.4, -0.2) is 0 Å². The third-order valence-corrected chi connectivity index (χ3v) is 12.4. The maximum Gasteiger partial charge on any atom is 0.0164 e. The minimum Gasteiger partial charge on any atom is -0.0757 e. The van der Waals surface area contributed by atoms with E-state index in [1.165, 1.54) is 98.4 Å². The molecule has 0 aromatic heterocycles. The predicted octanol–water partition coefficient (Wildman–Crippen LogP) is 13.0. The van der Waals surface area contributed by atoms with E-state index in [0.29, 0.717) is 11.8 Å². The summed E-state index contributed by atoms with van der Waals surface area (Å²) in [6.07, 6.45) is 8.10. The highest BCUT2D eigenvalue weighted by atomic mass is 14.4. The molecule has 2 atom stereocenters. The van der Waals surface area contributed by atoms with E-state index >= 15 is 0 Å². The zero-order valence-corrected chi connectivity index (χ0v) is 30.8. The van der Waals surface area contributed by atoms with Crippen LogP contribution in [0.3, 0.4) is 0 Å². The Bertz CT molecular complexity index is 3060. The Labute approximate surface area is 322 Å². The standard InChI is InChI=1S/C55H40/c1-3-15-37(16-4-1)50-34-53-49-25-12-10-23-47(49)51(35-54(53)48-24-11-9-22-46(48)50)42-21-13-20-40(31-42)41-28-29-45-44(32-41)33-52(55(45)38-17-5-2-6-18-38)43-27-26-36-14-7-8-19-39(36)30-43/h1-8,10,12-32,34-35,52,55H,9,11,33H2. The number of fused-ring (bicyclic) bond motifs is 7. The third-order valence-electron chi connectivity index (χ3n) is 12.4. The first-order chi connectivity index (χ1) is 27.3. The van der Waals surface area contributed by atoms with Crippen LogP contribution in [0.15, 0.2) is 182 Å². The molecule has 2 aliphatic carbocycles. The number of hydrogen-bond donors (Lipinski definition) is 0. The van der Waals surface area contributed by atoms with Gasteiger partial charge in [0.1, 0.15) is 0 Å². The molecule has 0 heterocycles. The molecular weight excluding hydrogens is 661 g/mol. The van der Waals surface area contributed by atoms with Crippen LogP contribution < -0.4 is 10.4 Å². The van der Waals surface area contributed by atoms with Gasteiger partial charge in [0.05, 0.1) is 0 Å². The minimum atomic E-state index is 0.323. The average molecular weight is 701 g/mol. The highest BCUT2D eigenvalue weighted by molar-refractivity contribution is 6.15. The molecule has 0 heteroatoms. The fourth-order valence-corrected chi connectivity index (χ4v) is 9.80. The maximum atomic E-state index is 2.48. The molecule has 9 aromatic carbocycles. The molecule has 0 nitrogen and oxygen atoms in total. The van der Waals surface area contributed by atoms with Crippen LogP contribution in [0.4, 0.5) is 0 Å². The summed E-state index contributed by atoms with van der Waals surface area (Å²) in [6, 6.07) is 68.3. The summed E-state index contributed by atoms with van der Waals surface area (Å²) in [5, 5.41) is 10.6. The van der Waals surface area contributed by atoms with E-state index in [-0.39, 0.29) is 0 Å². The highest BCUT2D eigenvalue weighted by Gasteiger charge is 2.35. The first-order valence-corrected chi connectivity index (χ1v) is 19.8. The second kappa shape index (κ2) is 13.1. The molecule has 0 amide bonds. The van der Waals surface area contributed by atoms with Gasteiger partial charge in [-0.1, -0.05) is 176 Å². The molecule has 2 aliphatic rings. The van der Waals surface area contributed by atoms with Crippen molar-refractivity contribution < 1.29 is 0 Å². The summed E-state index contributed by atoms with van der Waals surface area (Å²) in [5.41, 5.74) is 13.4. The van der Waals surface area contributed by atoms with Crippen molar-refractivity contribution >= 4 is 44.5 Å². The molecule has 0 fully saturated rings. The summed E-state index contributed by atoms with van der Waals surface area (Å²) < 4.78 is 0. The topological polar surface area (TPSA) is 0 Å². The lowest BCUT2D eigenvalue weighted by Gasteiger charge is -2.22. The van der Waals surface area contributed by atoms with Crippen molar-refractivity contribution in [1.29, 1.82) is 0 Å². The van der Waals surface area contributed by atoms with E-state index in [1.807, 2.05) is 0 Å². The van der Waals surface area contributed by atoms with E-state index in [9.17, 15) is 0 Å². The van der Waals surface area contributed by atoms with E-state index in [0.717, 1.165) is 19.3 Å². The Balaban J connectivity index is 1.03. The van der Waals surface area contributed by atoms with Gasteiger partial charge in [-0.25, -0.2) is 0 Å². The van der Waals surface area contributed by atoms with Crippen molar-refractivity contribution in [3.8, 4) is 33.4 Å². The Morgan fingerprint density at radius 2 is 1.04 bits per heavy atom. The Morgan fingerprint density at radius 1 is 0.364 bits per heavy atom. The van der Waals surface area contributed by atoms with E-state index < -0.39 is 0 Å². The summed E-state index contributed by atoms with van der Waals surface area (Å²) in [4.78, 5) is 0. The lowest BCUT2D eigenvalue weighted by atomic mass is 9.81. The van der Waals surface area contributed by atoms with Crippen molar-refractivity contribution in [3.05, 3.63) is 215 Å². The molecule has 0 spiro atoms. The van der Waals surface area contributed by atoms with Gasteiger partial charge in [0.25, 0.3) is 0 Å². The fourth-order valence-electron chi connectivity index (χ4n) is 9.80. The lowest BCUT2D eigenvalue weighted by Crippen LogP contribution is -2.29. The van der Waals surface area contributed by atoms with Gasteiger partial charge < -0.3 is 0 Å². The molecule has 0 saturated heterocycles. The predicted molar refractivity (Wildman–Crippen MR) is 234 cm³/mol. The van der Waals surface area contributed by atoms with E-state index in [4.69, 9.17) is 0 Å². The number of hydrogen-bond acceptors (Lipinski definition) is 0. The first-order valence-electron chi connectivity index (χ1n) is 19.8. The molecular formula is C55H40. The van der Waals surface area contributed by atoms with Crippen molar-refractivity contribution in [2.24, 2.45) is 0 Å². The fraction of sp³-hybridized carbons (Fsp3) is 0.0909. The van der Waals surface area contributed by atoms with Crippen LogP contribution in [0.2, 0.25) is 0 Å². The molecule has 0 aliphatic heterocycles. The highest BCUT2D eigenvalue weighted by Crippen LogP contribution is 2.49. The van der Waals surface area contributed by atoms with Crippen molar-refractivity contribution in [1.82, 2.24) is 0 Å². The van der Waals surface area contributed by atoms with Gasteiger partial charge in [0.15, 0.2) is 0 Å².